The summed E-state index contributed by atoms with van der Waals surface area (Å²) in [7, 11) is 1.54. The van der Waals surface area contributed by atoms with Gasteiger partial charge in [0.25, 0.3) is 5.91 Å². The van der Waals surface area contributed by atoms with Crippen LogP contribution in [0.1, 0.15) is 15.9 Å². The number of hydrogen-bond acceptors (Lipinski definition) is 5. The predicted octanol–water partition coefficient (Wildman–Crippen LogP) is 1.65. The van der Waals surface area contributed by atoms with Crippen LogP contribution in [0.25, 0.3) is 0 Å². The van der Waals surface area contributed by atoms with Crippen molar-refractivity contribution in [2.75, 3.05) is 12.8 Å². The second-order valence-corrected chi connectivity index (χ2v) is 4.36. The Labute approximate surface area is 120 Å². The summed E-state index contributed by atoms with van der Waals surface area (Å²) >= 11 is 5.86. The second-order valence-electron chi connectivity index (χ2n) is 4.00. The van der Waals surface area contributed by atoms with Crippen molar-refractivity contribution in [3.8, 4) is 5.88 Å². The molecule has 0 bridgehead atoms. The van der Waals surface area contributed by atoms with Crippen molar-refractivity contribution in [2.45, 2.75) is 6.54 Å². The van der Waals surface area contributed by atoms with E-state index >= 15 is 0 Å². The SMILES string of the molecule is COc1ccc(CNC(=O)c2cc(N)cnc2Cl)cn1. The maximum atomic E-state index is 12.0. The molecule has 0 radical (unpaired) electrons. The van der Waals surface area contributed by atoms with E-state index in [0.717, 1.165) is 5.56 Å². The molecule has 0 spiro atoms. The molecule has 0 fully saturated rings. The second kappa shape index (κ2) is 6.21. The number of anilines is 1. The molecule has 0 aliphatic heterocycles. The third-order valence-electron chi connectivity index (χ3n) is 2.56. The van der Waals surface area contributed by atoms with Crippen LogP contribution >= 0.6 is 11.6 Å². The number of hydrogen-bond donors (Lipinski definition) is 2. The Kier molecular flexibility index (Phi) is 4.37. The van der Waals surface area contributed by atoms with E-state index in [1.54, 1.807) is 19.4 Å². The van der Waals surface area contributed by atoms with Gasteiger partial charge in [0.1, 0.15) is 5.15 Å². The number of nitrogen functional groups attached to an aromatic ring is 1. The van der Waals surface area contributed by atoms with Crippen molar-refractivity contribution in [1.29, 1.82) is 0 Å². The zero-order valence-electron chi connectivity index (χ0n) is 10.8. The zero-order chi connectivity index (χ0) is 14.5. The van der Waals surface area contributed by atoms with E-state index in [2.05, 4.69) is 15.3 Å². The molecule has 3 N–H and O–H groups in total. The number of carbonyl (C=O) groups is 1. The van der Waals surface area contributed by atoms with Crippen molar-refractivity contribution in [1.82, 2.24) is 15.3 Å². The van der Waals surface area contributed by atoms with Crippen molar-refractivity contribution >= 4 is 23.2 Å². The first-order valence-electron chi connectivity index (χ1n) is 5.78. The summed E-state index contributed by atoms with van der Waals surface area (Å²) in [5.41, 5.74) is 7.04. The average Bonchev–Trinajstić information content (AvgIpc) is 2.47. The molecule has 1 amide bonds. The van der Waals surface area contributed by atoms with E-state index < -0.39 is 0 Å². The zero-order valence-corrected chi connectivity index (χ0v) is 11.5. The van der Waals surface area contributed by atoms with Gasteiger partial charge in [0.15, 0.2) is 0 Å². The van der Waals surface area contributed by atoms with Gasteiger partial charge in [-0.1, -0.05) is 17.7 Å². The fourth-order valence-corrected chi connectivity index (χ4v) is 1.73. The number of pyridine rings is 2. The minimum Gasteiger partial charge on any atom is -0.481 e. The highest BCUT2D eigenvalue weighted by atomic mass is 35.5. The normalized spacial score (nSPS) is 10.1. The van der Waals surface area contributed by atoms with Gasteiger partial charge >= 0.3 is 0 Å². The fraction of sp³-hybridized carbons (Fsp3) is 0.154. The lowest BCUT2D eigenvalue weighted by Gasteiger charge is -2.07. The number of carbonyl (C=O) groups excluding carboxylic acids is 1. The van der Waals surface area contributed by atoms with Gasteiger partial charge in [-0.3, -0.25) is 4.79 Å². The summed E-state index contributed by atoms with van der Waals surface area (Å²) in [5.74, 6) is 0.175. The van der Waals surface area contributed by atoms with Crippen LogP contribution in [-0.2, 0) is 6.54 Å². The highest BCUT2D eigenvalue weighted by Gasteiger charge is 2.11. The molecular weight excluding hydrogens is 280 g/mol. The summed E-state index contributed by atoms with van der Waals surface area (Å²) < 4.78 is 4.95. The van der Waals surface area contributed by atoms with E-state index in [1.165, 1.54) is 12.3 Å². The third-order valence-corrected chi connectivity index (χ3v) is 2.87. The molecule has 0 saturated heterocycles. The summed E-state index contributed by atoms with van der Waals surface area (Å²) in [5, 5.41) is 2.84. The first-order chi connectivity index (χ1) is 9.60. The lowest BCUT2D eigenvalue weighted by Crippen LogP contribution is -2.23. The van der Waals surface area contributed by atoms with Crippen molar-refractivity contribution in [3.63, 3.8) is 0 Å². The molecule has 7 heteroatoms. The van der Waals surface area contributed by atoms with Gasteiger partial charge < -0.3 is 15.8 Å². The number of nitrogens with two attached hydrogens (primary N) is 1. The van der Waals surface area contributed by atoms with Gasteiger partial charge in [-0.15, -0.1) is 0 Å². The molecule has 0 aliphatic carbocycles. The van der Waals surface area contributed by atoms with Crippen LogP contribution in [0.5, 0.6) is 5.88 Å². The summed E-state index contributed by atoms with van der Waals surface area (Å²) in [4.78, 5) is 19.9. The van der Waals surface area contributed by atoms with Crippen LogP contribution in [0, 0.1) is 0 Å². The predicted molar refractivity (Wildman–Crippen MR) is 75.6 cm³/mol. The molecule has 6 nitrogen and oxygen atoms in total. The summed E-state index contributed by atoms with van der Waals surface area (Å²) in [6.45, 7) is 0.320. The number of halogens is 1. The quantitative estimate of drug-likeness (QED) is 0.836. The van der Waals surface area contributed by atoms with Gasteiger partial charge in [0.05, 0.1) is 24.6 Å². The summed E-state index contributed by atoms with van der Waals surface area (Å²) in [6.07, 6.45) is 3.02. The maximum absolute atomic E-state index is 12.0. The smallest absolute Gasteiger partial charge is 0.254 e. The lowest BCUT2D eigenvalue weighted by atomic mass is 10.2. The molecule has 0 atom stereocenters. The molecule has 2 aromatic rings. The van der Waals surface area contributed by atoms with Crippen molar-refractivity contribution < 1.29 is 9.53 Å². The Balaban J connectivity index is 2.02. The van der Waals surface area contributed by atoms with Crippen LogP contribution in [0.4, 0.5) is 5.69 Å². The number of rotatable bonds is 4. The van der Waals surface area contributed by atoms with E-state index in [0.29, 0.717) is 18.1 Å². The van der Waals surface area contributed by atoms with Crippen LogP contribution in [0.2, 0.25) is 5.15 Å². The minimum atomic E-state index is -0.342. The third kappa shape index (κ3) is 3.36. The van der Waals surface area contributed by atoms with E-state index in [4.69, 9.17) is 22.1 Å². The molecule has 0 unspecified atom stereocenters. The van der Waals surface area contributed by atoms with Crippen molar-refractivity contribution in [2.24, 2.45) is 0 Å². The molecule has 2 aromatic heterocycles. The molecule has 2 rings (SSSR count). The molecule has 0 saturated carbocycles. The minimum absolute atomic E-state index is 0.115. The van der Waals surface area contributed by atoms with Crippen molar-refractivity contribution in [3.05, 3.63) is 46.9 Å². The fourth-order valence-electron chi connectivity index (χ4n) is 1.54. The number of amides is 1. The van der Waals surface area contributed by atoms with Crippen LogP contribution in [0.15, 0.2) is 30.6 Å². The Morgan fingerprint density at radius 2 is 2.20 bits per heavy atom. The highest BCUT2D eigenvalue weighted by Crippen LogP contribution is 2.15. The van der Waals surface area contributed by atoms with Gasteiger partial charge in [0.2, 0.25) is 5.88 Å². The standard InChI is InChI=1S/C13H13ClN4O2/c1-20-11-3-2-8(5-16-11)6-18-13(19)10-4-9(15)7-17-12(10)14/h2-5,7H,6,15H2,1H3,(H,18,19). The molecule has 104 valence electrons. The van der Waals surface area contributed by atoms with Crippen LogP contribution < -0.4 is 15.8 Å². The topological polar surface area (TPSA) is 90.1 Å². The molecule has 0 aromatic carbocycles. The maximum Gasteiger partial charge on any atom is 0.254 e. The number of nitrogens with zero attached hydrogens (tertiary/aromatic N) is 2. The Bertz CT molecular complexity index is 616. The van der Waals surface area contributed by atoms with E-state index in [9.17, 15) is 4.79 Å². The Morgan fingerprint density at radius 1 is 1.40 bits per heavy atom. The largest absolute Gasteiger partial charge is 0.481 e. The van der Waals surface area contributed by atoms with Gasteiger partial charge in [0, 0.05) is 18.8 Å². The first-order valence-corrected chi connectivity index (χ1v) is 6.16. The van der Waals surface area contributed by atoms with Gasteiger partial charge in [-0.25, -0.2) is 9.97 Å². The molecule has 20 heavy (non-hydrogen) atoms. The Morgan fingerprint density at radius 3 is 2.85 bits per heavy atom. The Hall–Kier alpha value is -2.34. The summed E-state index contributed by atoms with van der Waals surface area (Å²) in [6, 6.07) is 5.01. The monoisotopic (exact) mass is 292 g/mol. The lowest BCUT2D eigenvalue weighted by molar-refractivity contribution is 0.0950. The highest BCUT2D eigenvalue weighted by molar-refractivity contribution is 6.32. The number of methoxy groups -OCH3 is 1. The first kappa shape index (κ1) is 14.1. The van der Waals surface area contributed by atoms with Gasteiger partial charge in [-0.05, 0) is 11.6 Å². The molecular formula is C13H13ClN4O2. The van der Waals surface area contributed by atoms with E-state index in [-0.39, 0.29) is 16.6 Å². The number of aromatic nitrogens is 2. The molecule has 2 heterocycles. The van der Waals surface area contributed by atoms with E-state index in [1.807, 2.05) is 6.07 Å². The van der Waals surface area contributed by atoms with Crippen LogP contribution in [0.3, 0.4) is 0 Å². The number of ether oxygens (including phenoxy) is 1. The van der Waals surface area contributed by atoms with Gasteiger partial charge in [-0.2, -0.15) is 0 Å². The average molecular weight is 293 g/mol. The van der Waals surface area contributed by atoms with Crippen LogP contribution in [-0.4, -0.2) is 23.0 Å². The number of nitrogens with one attached hydrogen (secondary N) is 1. The molecule has 0 aliphatic rings.